The van der Waals surface area contributed by atoms with Crippen molar-refractivity contribution >= 4 is 5.84 Å². The predicted octanol–water partition coefficient (Wildman–Crippen LogP) is 2.56. The standard InChI is InChI=1S/C12H20N2O/c1-5-14(6-2)12-8-7-10(3)11(15-4)9-13-12/h7,9H,5-6,8H2,1-4H3. The van der Waals surface area contributed by atoms with Gasteiger partial charge in [-0.25, -0.2) is 4.99 Å². The van der Waals surface area contributed by atoms with Gasteiger partial charge >= 0.3 is 0 Å². The number of hydrogen-bond acceptors (Lipinski definition) is 3. The molecule has 0 aromatic heterocycles. The van der Waals surface area contributed by atoms with Gasteiger partial charge < -0.3 is 9.64 Å². The molecule has 0 atom stereocenters. The molecule has 3 heteroatoms. The number of methoxy groups -OCH3 is 1. The Hall–Kier alpha value is -1.25. The lowest BCUT2D eigenvalue weighted by Crippen LogP contribution is -2.29. The van der Waals surface area contributed by atoms with Crippen LogP contribution in [0.25, 0.3) is 0 Å². The first-order valence-electron chi connectivity index (χ1n) is 5.45. The van der Waals surface area contributed by atoms with E-state index in [0.29, 0.717) is 0 Å². The molecule has 0 amide bonds. The average Bonchev–Trinajstić information content (AvgIpc) is 2.43. The van der Waals surface area contributed by atoms with Gasteiger partial charge in [-0.3, -0.25) is 0 Å². The molecule has 0 aromatic carbocycles. The summed E-state index contributed by atoms with van der Waals surface area (Å²) in [6.45, 7) is 8.34. The van der Waals surface area contributed by atoms with Crippen molar-refractivity contribution in [3.8, 4) is 0 Å². The number of allylic oxidation sites excluding steroid dienone is 1. The molecule has 0 spiro atoms. The second-order valence-electron chi connectivity index (χ2n) is 3.51. The fourth-order valence-electron chi connectivity index (χ4n) is 1.65. The zero-order valence-electron chi connectivity index (χ0n) is 10.1. The quantitative estimate of drug-likeness (QED) is 0.712. The Morgan fingerprint density at radius 2 is 2.07 bits per heavy atom. The first-order valence-corrected chi connectivity index (χ1v) is 5.45. The molecule has 1 rings (SSSR count). The van der Waals surface area contributed by atoms with Gasteiger partial charge in [0, 0.05) is 19.5 Å². The second kappa shape index (κ2) is 5.59. The Morgan fingerprint density at radius 1 is 1.40 bits per heavy atom. The number of nitrogens with zero attached hydrogens (tertiary/aromatic N) is 2. The Morgan fingerprint density at radius 3 is 2.60 bits per heavy atom. The molecule has 1 aliphatic heterocycles. The molecule has 0 saturated heterocycles. The Kier molecular flexibility index (Phi) is 4.40. The van der Waals surface area contributed by atoms with Crippen LogP contribution in [0.1, 0.15) is 27.2 Å². The van der Waals surface area contributed by atoms with Gasteiger partial charge in [0.15, 0.2) is 0 Å². The fraction of sp³-hybridized carbons (Fsp3) is 0.583. The van der Waals surface area contributed by atoms with Crippen molar-refractivity contribution in [2.24, 2.45) is 4.99 Å². The van der Waals surface area contributed by atoms with Crippen LogP contribution in [0.15, 0.2) is 28.6 Å². The molecule has 0 radical (unpaired) electrons. The molecule has 0 saturated carbocycles. The van der Waals surface area contributed by atoms with E-state index < -0.39 is 0 Å². The highest BCUT2D eigenvalue weighted by Crippen LogP contribution is 2.15. The van der Waals surface area contributed by atoms with Crippen molar-refractivity contribution in [2.45, 2.75) is 27.2 Å². The molecule has 3 nitrogen and oxygen atoms in total. The first-order chi connectivity index (χ1) is 7.22. The van der Waals surface area contributed by atoms with E-state index in [1.54, 1.807) is 7.11 Å². The molecule has 84 valence electrons. The van der Waals surface area contributed by atoms with Crippen molar-refractivity contribution < 1.29 is 4.74 Å². The van der Waals surface area contributed by atoms with Crippen LogP contribution in [0.5, 0.6) is 0 Å². The molecular formula is C12H20N2O. The van der Waals surface area contributed by atoms with Gasteiger partial charge in [-0.2, -0.15) is 0 Å². The molecular weight excluding hydrogens is 188 g/mol. The molecule has 1 aliphatic rings. The number of aliphatic imine (C=N–C) groups is 1. The summed E-state index contributed by atoms with van der Waals surface area (Å²) in [6, 6.07) is 0. The lowest BCUT2D eigenvalue weighted by atomic mass is 10.2. The fourth-order valence-corrected chi connectivity index (χ4v) is 1.65. The summed E-state index contributed by atoms with van der Waals surface area (Å²) in [6.07, 6.45) is 4.86. The Bertz CT molecular complexity index is 299. The lowest BCUT2D eigenvalue weighted by Gasteiger charge is -2.21. The molecule has 0 bridgehead atoms. The molecule has 0 unspecified atom stereocenters. The Labute approximate surface area is 92.1 Å². The van der Waals surface area contributed by atoms with Crippen molar-refractivity contribution in [2.75, 3.05) is 20.2 Å². The third kappa shape index (κ3) is 2.85. The van der Waals surface area contributed by atoms with Crippen LogP contribution in [-0.2, 0) is 4.74 Å². The van der Waals surface area contributed by atoms with Crippen LogP contribution in [0, 0.1) is 0 Å². The van der Waals surface area contributed by atoms with Crippen molar-refractivity contribution in [3.05, 3.63) is 23.6 Å². The van der Waals surface area contributed by atoms with E-state index in [2.05, 4.69) is 36.7 Å². The number of ether oxygens (including phenoxy) is 1. The normalized spacial score (nSPS) is 16.1. The Balaban J connectivity index is 2.87. The maximum atomic E-state index is 5.25. The second-order valence-corrected chi connectivity index (χ2v) is 3.51. The van der Waals surface area contributed by atoms with E-state index in [0.717, 1.165) is 36.7 Å². The highest BCUT2D eigenvalue weighted by molar-refractivity contribution is 5.84. The summed E-state index contributed by atoms with van der Waals surface area (Å²) in [7, 11) is 1.68. The summed E-state index contributed by atoms with van der Waals surface area (Å²) in [5.74, 6) is 1.98. The average molecular weight is 208 g/mol. The third-order valence-corrected chi connectivity index (χ3v) is 2.66. The van der Waals surface area contributed by atoms with Gasteiger partial charge in [-0.05, 0) is 26.3 Å². The molecule has 1 heterocycles. The lowest BCUT2D eigenvalue weighted by molar-refractivity contribution is 0.300. The van der Waals surface area contributed by atoms with Crippen molar-refractivity contribution in [1.29, 1.82) is 0 Å². The summed E-state index contributed by atoms with van der Waals surface area (Å²) >= 11 is 0. The van der Waals surface area contributed by atoms with E-state index in [1.807, 2.05) is 6.20 Å². The molecule has 0 fully saturated rings. The van der Waals surface area contributed by atoms with Crippen LogP contribution in [-0.4, -0.2) is 30.9 Å². The zero-order valence-corrected chi connectivity index (χ0v) is 10.1. The minimum atomic E-state index is 0.858. The van der Waals surface area contributed by atoms with Crippen molar-refractivity contribution in [3.63, 3.8) is 0 Å². The first kappa shape index (κ1) is 11.8. The smallest absolute Gasteiger partial charge is 0.139 e. The number of hydrogen-bond donors (Lipinski definition) is 0. The minimum absolute atomic E-state index is 0.858. The van der Waals surface area contributed by atoms with E-state index in [-0.39, 0.29) is 0 Å². The topological polar surface area (TPSA) is 24.8 Å². The summed E-state index contributed by atoms with van der Waals surface area (Å²) < 4.78 is 5.25. The monoisotopic (exact) mass is 208 g/mol. The summed E-state index contributed by atoms with van der Waals surface area (Å²) in [5.41, 5.74) is 1.16. The highest BCUT2D eigenvalue weighted by Gasteiger charge is 2.10. The van der Waals surface area contributed by atoms with Crippen LogP contribution < -0.4 is 0 Å². The van der Waals surface area contributed by atoms with Gasteiger partial charge in [0.1, 0.15) is 11.6 Å². The number of rotatable bonds is 3. The summed E-state index contributed by atoms with van der Waals surface area (Å²) in [5, 5.41) is 0. The van der Waals surface area contributed by atoms with E-state index in [9.17, 15) is 0 Å². The SMILES string of the molecule is CCN(CC)C1=NC=C(OC)C(C)=CC1. The molecule has 0 N–H and O–H groups in total. The zero-order chi connectivity index (χ0) is 11.3. The highest BCUT2D eigenvalue weighted by atomic mass is 16.5. The van der Waals surface area contributed by atoms with Crippen LogP contribution in [0.2, 0.25) is 0 Å². The van der Waals surface area contributed by atoms with Crippen LogP contribution >= 0.6 is 0 Å². The predicted molar refractivity (Wildman–Crippen MR) is 63.8 cm³/mol. The maximum Gasteiger partial charge on any atom is 0.139 e. The van der Waals surface area contributed by atoms with E-state index in [1.165, 1.54) is 0 Å². The number of amidine groups is 1. The van der Waals surface area contributed by atoms with E-state index >= 15 is 0 Å². The van der Waals surface area contributed by atoms with Gasteiger partial charge in [-0.15, -0.1) is 0 Å². The van der Waals surface area contributed by atoms with Gasteiger partial charge in [0.25, 0.3) is 0 Å². The molecule has 15 heavy (non-hydrogen) atoms. The molecule has 0 aromatic rings. The largest absolute Gasteiger partial charge is 0.495 e. The summed E-state index contributed by atoms with van der Waals surface area (Å²) in [4.78, 5) is 6.73. The van der Waals surface area contributed by atoms with Gasteiger partial charge in [0.05, 0.1) is 13.3 Å². The van der Waals surface area contributed by atoms with Crippen LogP contribution in [0.3, 0.4) is 0 Å². The van der Waals surface area contributed by atoms with Crippen molar-refractivity contribution in [1.82, 2.24) is 4.90 Å². The van der Waals surface area contributed by atoms with Crippen LogP contribution in [0.4, 0.5) is 0 Å². The van der Waals surface area contributed by atoms with Gasteiger partial charge in [0.2, 0.25) is 0 Å². The third-order valence-electron chi connectivity index (χ3n) is 2.66. The molecule has 0 aliphatic carbocycles. The maximum absolute atomic E-state index is 5.25. The minimum Gasteiger partial charge on any atom is -0.495 e. The van der Waals surface area contributed by atoms with Gasteiger partial charge in [-0.1, -0.05) is 6.08 Å². The van der Waals surface area contributed by atoms with E-state index in [4.69, 9.17) is 4.74 Å².